The number of phenols is 1. The van der Waals surface area contributed by atoms with Crippen LogP contribution in [0.15, 0.2) is 59.6 Å². The summed E-state index contributed by atoms with van der Waals surface area (Å²) < 4.78 is 0. The zero-order chi connectivity index (χ0) is 71.6. The molecule has 2 heterocycles. The van der Waals surface area contributed by atoms with Crippen LogP contribution in [0.2, 0.25) is 0 Å². The van der Waals surface area contributed by atoms with Crippen LogP contribution in [0.5, 0.6) is 5.75 Å². The van der Waals surface area contributed by atoms with Crippen molar-refractivity contribution >= 4 is 110 Å². The predicted molar refractivity (Wildman–Crippen MR) is 357 cm³/mol. The molecule has 534 valence electrons. The lowest BCUT2D eigenvalue weighted by Gasteiger charge is -2.31. The maximum atomic E-state index is 14.9. The van der Waals surface area contributed by atoms with Crippen LogP contribution < -0.4 is 93.3 Å². The van der Waals surface area contributed by atoms with Crippen LogP contribution in [0, 0.1) is 0 Å². The number of unbranched alkanes of at least 4 members (excludes halogenated alkanes) is 2. The van der Waals surface area contributed by atoms with Crippen molar-refractivity contribution in [2.75, 3.05) is 50.8 Å². The second-order valence-corrected chi connectivity index (χ2v) is 25.6. The summed E-state index contributed by atoms with van der Waals surface area (Å²) in [7, 11) is 1.94. The monoisotopic (exact) mass is 1400 g/mol. The highest BCUT2D eigenvalue weighted by atomic mass is 33.1. The molecule has 37 heteroatoms. The standard InChI is InChI=1S/C60H91N19O16S2/c61-22-6-4-12-37(51(86)70-29-48(83)69-30-49(84)71-38(13-5-7-23-62)52(87)74-40(59(94)95)14-8-24-68-60(66)67)73-57(92)45-15-9-25-79(45)58(93)44-32-97-96-31-36(63)50(85)75-41(27-34-16-18-35(80)19-17-34)55(90)76-42(26-33-10-2-1-3-11-33)54(89)72-39(20-21-46(64)81)53(88)77-43(28-47(65)82)56(91)78-44/h1-3,10-11,16-19,36-45,80H,4-9,12-15,20-32,61-63H2,(H2,64,81)(H2,65,82)(H,69,83)(H,70,86)(H,71,84)(H,72,89)(H,73,92)(H,74,87)(H,75,85)(H,76,90)(H,77,88)(H,78,91)(H,94,95)(H4,66,67,68)/t36-,37-,38-,39-,40-,41-,42+,43-,44-,45-/m0/s1. The van der Waals surface area contributed by atoms with E-state index in [0.717, 1.165) is 26.5 Å². The number of nitrogens with two attached hydrogens (primary N) is 7. The minimum Gasteiger partial charge on any atom is -0.508 e. The number of primary amides is 2. The van der Waals surface area contributed by atoms with Gasteiger partial charge in [0.1, 0.15) is 60.1 Å². The lowest BCUT2D eigenvalue weighted by molar-refractivity contribution is -0.142. The molecule has 0 radical (unpaired) electrons. The first-order chi connectivity index (χ1) is 46.2. The van der Waals surface area contributed by atoms with Crippen LogP contribution in [-0.4, -0.2) is 215 Å². The maximum Gasteiger partial charge on any atom is 0.326 e. The molecule has 0 unspecified atom stereocenters. The van der Waals surface area contributed by atoms with Gasteiger partial charge in [-0.05, 0) is 107 Å². The Morgan fingerprint density at radius 3 is 1.74 bits per heavy atom. The highest BCUT2D eigenvalue weighted by Gasteiger charge is 2.41. The number of amides is 13. The van der Waals surface area contributed by atoms with Crippen molar-refractivity contribution in [3.8, 4) is 5.75 Å². The maximum absolute atomic E-state index is 14.9. The number of carboxylic acid groups (broad SMARTS) is 1. The quantitative estimate of drug-likeness (QED) is 0.0137. The minimum atomic E-state index is -1.85. The largest absolute Gasteiger partial charge is 0.508 e. The van der Waals surface area contributed by atoms with Gasteiger partial charge in [0.05, 0.1) is 25.6 Å². The summed E-state index contributed by atoms with van der Waals surface area (Å²) in [4.78, 5) is 196. The first-order valence-electron chi connectivity index (χ1n) is 31.5. The molecule has 4 rings (SSSR count). The van der Waals surface area contributed by atoms with E-state index in [4.69, 9.17) is 40.1 Å². The van der Waals surface area contributed by atoms with E-state index >= 15 is 0 Å². The van der Waals surface area contributed by atoms with Gasteiger partial charge in [-0.25, -0.2) is 4.79 Å². The first-order valence-corrected chi connectivity index (χ1v) is 34.0. The number of carbonyl (C=O) groups is 14. The topological polar surface area (TPSA) is 597 Å². The van der Waals surface area contributed by atoms with Crippen LogP contribution in [0.4, 0.5) is 0 Å². The molecule has 0 aromatic heterocycles. The van der Waals surface area contributed by atoms with Crippen LogP contribution in [0.25, 0.3) is 0 Å². The Morgan fingerprint density at radius 1 is 0.598 bits per heavy atom. The van der Waals surface area contributed by atoms with E-state index in [9.17, 15) is 77.3 Å². The van der Waals surface area contributed by atoms with Gasteiger partial charge in [-0.2, -0.15) is 0 Å². The number of aromatic hydroxyl groups is 1. The van der Waals surface area contributed by atoms with Crippen LogP contribution in [0.1, 0.15) is 94.6 Å². The van der Waals surface area contributed by atoms with E-state index in [1.807, 2.05) is 0 Å². The third-order valence-electron chi connectivity index (χ3n) is 15.2. The number of carboxylic acids is 1. The summed E-state index contributed by atoms with van der Waals surface area (Å²) in [6.45, 7) is -0.856. The lowest BCUT2D eigenvalue weighted by atomic mass is 10.0. The summed E-state index contributed by atoms with van der Waals surface area (Å²) in [6, 6.07) is -0.310. The molecule has 2 aromatic carbocycles. The Bertz CT molecular complexity index is 3080. The van der Waals surface area contributed by atoms with Gasteiger partial charge in [0.25, 0.3) is 0 Å². The first kappa shape index (κ1) is 80.1. The number of hydrogen-bond acceptors (Lipinski definition) is 21. The van der Waals surface area contributed by atoms with E-state index < -0.39 is 176 Å². The molecule has 26 N–H and O–H groups in total. The third kappa shape index (κ3) is 29.3. The number of likely N-dealkylation sites (tertiary alicyclic amines) is 1. The smallest absolute Gasteiger partial charge is 0.326 e. The Morgan fingerprint density at radius 2 is 1.14 bits per heavy atom. The zero-order valence-electron chi connectivity index (χ0n) is 53.6. The summed E-state index contributed by atoms with van der Waals surface area (Å²) in [5.41, 5.74) is 40.5. The van der Waals surface area contributed by atoms with E-state index in [0.29, 0.717) is 36.8 Å². The van der Waals surface area contributed by atoms with Crippen LogP contribution >= 0.6 is 21.6 Å². The van der Waals surface area contributed by atoms with Crippen molar-refractivity contribution in [1.29, 1.82) is 0 Å². The molecule has 2 aliphatic heterocycles. The Labute approximate surface area is 567 Å². The number of carbonyl (C=O) groups excluding carboxylic acids is 13. The number of phenolic OH excluding ortho intramolecular Hbond substituents is 1. The second kappa shape index (κ2) is 42.3. The van der Waals surface area contributed by atoms with Crippen molar-refractivity contribution in [2.24, 2.45) is 45.1 Å². The van der Waals surface area contributed by atoms with Gasteiger partial charge in [0.15, 0.2) is 5.96 Å². The number of benzene rings is 2. The lowest BCUT2D eigenvalue weighted by Crippen LogP contribution is -2.61. The third-order valence-corrected chi connectivity index (χ3v) is 17.7. The van der Waals surface area contributed by atoms with Gasteiger partial charge in [-0.1, -0.05) is 64.1 Å². The second-order valence-electron chi connectivity index (χ2n) is 23.0. The SMILES string of the molecule is NCCCC[C@H](NC(=O)CNC(=O)CNC(=O)[C@H](CCCCN)NC(=O)[C@@H]1CCCN1C(=O)[C@@H]1CSSC[C@H](N)C(=O)N[C@@H](Cc2ccc(O)cc2)C(=O)N[C@H](Cc2ccccc2)C(=O)N[C@@H](CCC(N)=O)C(=O)N[C@@H](CC(N)=O)C(=O)N1)C(=O)N[C@@H](CCCN=C(N)N)C(=O)O. The Kier molecular flexibility index (Phi) is 34.9. The normalized spacial score (nSPS) is 20.6. The fourth-order valence-corrected chi connectivity index (χ4v) is 12.3. The molecule has 2 saturated heterocycles. The zero-order valence-corrected chi connectivity index (χ0v) is 55.2. The summed E-state index contributed by atoms with van der Waals surface area (Å²) in [6.07, 6.45) is -0.0813. The molecule has 2 fully saturated rings. The van der Waals surface area contributed by atoms with Gasteiger partial charge >= 0.3 is 5.97 Å². The molecular weight excluding hydrogens is 1310 g/mol. The number of guanidine groups is 1. The molecule has 10 atom stereocenters. The number of aliphatic imine (C=N–C) groups is 1. The van der Waals surface area contributed by atoms with E-state index in [1.54, 1.807) is 30.3 Å². The highest BCUT2D eigenvalue weighted by molar-refractivity contribution is 8.76. The number of rotatable bonds is 33. The molecule has 13 amide bonds. The molecule has 2 aliphatic rings. The fourth-order valence-electron chi connectivity index (χ4n) is 10.1. The Hall–Kier alpha value is -9.33. The average molecular weight is 1400 g/mol. The summed E-state index contributed by atoms with van der Waals surface area (Å²) in [5, 5.41) is 44.8. The highest BCUT2D eigenvalue weighted by Crippen LogP contribution is 2.26. The van der Waals surface area contributed by atoms with Gasteiger partial charge in [0.2, 0.25) is 76.8 Å². The molecule has 0 bridgehead atoms. The number of nitrogens with one attached hydrogen (secondary N) is 10. The molecule has 35 nitrogen and oxygen atoms in total. The van der Waals surface area contributed by atoms with Crippen molar-refractivity contribution in [3.63, 3.8) is 0 Å². The fraction of sp³-hybridized carbons (Fsp3) is 0.550. The number of hydrogen-bond donors (Lipinski definition) is 19. The van der Waals surface area contributed by atoms with Crippen molar-refractivity contribution in [3.05, 3.63) is 65.7 Å². The Balaban J connectivity index is 1.56. The molecule has 0 saturated carbocycles. The van der Waals surface area contributed by atoms with Gasteiger partial charge in [0, 0.05) is 43.9 Å². The minimum absolute atomic E-state index is 0.000636. The van der Waals surface area contributed by atoms with Crippen molar-refractivity contribution in [1.82, 2.24) is 58.1 Å². The molecule has 0 spiro atoms. The van der Waals surface area contributed by atoms with Gasteiger partial charge < -0.3 is 108 Å². The summed E-state index contributed by atoms with van der Waals surface area (Å²) in [5.74, 6) is -14.0. The van der Waals surface area contributed by atoms with Crippen molar-refractivity contribution in [2.45, 2.75) is 157 Å². The molecule has 2 aromatic rings. The molecule has 0 aliphatic carbocycles. The van der Waals surface area contributed by atoms with Gasteiger partial charge in [-0.3, -0.25) is 67.3 Å². The number of nitrogens with zero attached hydrogens (tertiary/aromatic N) is 2. The average Bonchev–Trinajstić information content (AvgIpc) is 1.78. The summed E-state index contributed by atoms with van der Waals surface area (Å²) >= 11 is 0. The number of aliphatic carboxylic acids is 1. The van der Waals surface area contributed by atoms with Gasteiger partial charge in [-0.15, -0.1) is 0 Å². The van der Waals surface area contributed by atoms with E-state index in [2.05, 4.69) is 58.2 Å². The van der Waals surface area contributed by atoms with E-state index in [-0.39, 0.29) is 101 Å². The van der Waals surface area contributed by atoms with Crippen molar-refractivity contribution < 1.29 is 77.3 Å². The molecular formula is C60H91N19O16S2. The van der Waals surface area contributed by atoms with E-state index in [1.165, 1.54) is 24.3 Å². The van der Waals surface area contributed by atoms with Crippen LogP contribution in [-0.2, 0) is 80.0 Å². The molecule has 97 heavy (non-hydrogen) atoms. The predicted octanol–water partition coefficient (Wildman–Crippen LogP) is -6.46. The van der Waals surface area contributed by atoms with Crippen LogP contribution in [0.3, 0.4) is 0 Å².